The van der Waals surface area contributed by atoms with E-state index in [1.165, 1.54) is 0 Å². The zero-order valence-electron chi connectivity index (χ0n) is 9.62. The van der Waals surface area contributed by atoms with Gasteiger partial charge in [-0.25, -0.2) is 4.98 Å². The molecule has 19 heavy (non-hydrogen) atoms. The molecule has 106 valence electrons. The number of aliphatic hydroxyl groups is 1. The lowest BCUT2D eigenvalue weighted by Gasteiger charge is -2.23. The molecule has 5 nitrogen and oxygen atoms in total. The molecule has 0 aliphatic rings. The van der Waals surface area contributed by atoms with Crippen LogP contribution in [-0.4, -0.2) is 46.8 Å². The Bertz CT molecular complexity index is 468. The molecule has 1 aromatic heterocycles. The summed E-state index contributed by atoms with van der Waals surface area (Å²) in [4.78, 5) is 15.9. The van der Waals surface area contributed by atoms with Gasteiger partial charge in [-0.3, -0.25) is 4.79 Å². The average Bonchev–Trinajstić information content (AvgIpc) is 2.29. The molecule has 1 rings (SSSR count). The van der Waals surface area contributed by atoms with E-state index in [-0.39, 0.29) is 16.4 Å². The van der Waals surface area contributed by atoms with Crippen molar-refractivity contribution in [3.63, 3.8) is 0 Å². The van der Waals surface area contributed by atoms with Gasteiger partial charge >= 0.3 is 6.18 Å². The summed E-state index contributed by atoms with van der Waals surface area (Å²) in [5.74, 6) is -0.955. The molecule has 9 heteroatoms. The van der Waals surface area contributed by atoms with Crippen molar-refractivity contribution in [3.05, 3.63) is 22.8 Å². The van der Waals surface area contributed by atoms with E-state index < -0.39 is 31.8 Å². The number of anilines is 1. The van der Waals surface area contributed by atoms with E-state index in [0.717, 1.165) is 12.3 Å². The quantitative estimate of drug-likeness (QED) is 0.878. The van der Waals surface area contributed by atoms with Gasteiger partial charge in [0.1, 0.15) is 12.4 Å². The molecule has 0 spiro atoms. The van der Waals surface area contributed by atoms with Crippen molar-refractivity contribution in [1.29, 1.82) is 0 Å². The van der Waals surface area contributed by atoms with Crippen molar-refractivity contribution >= 4 is 23.3 Å². The zero-order chi connectivity index (χ0) is 14.6. The topological polar surface area (TPSA) is 79.5 Å². The number of nitrogen functional groups attached to an aromatic ring is 1. The second kappa shape index (κ2) is 6.07. The maximum atomic E-state index is 12.3. The Kier molecular flexibility index (Phi) is 4.96. The summed E-state index contributed by atoms with van der Waals surface area (Å²) < 4.78 is 36.9. The third kappa shape index (κ3) is 4.56. The van der Waals surface area contributed by atoms with Crippen molar-refractivity contribution in [2.24, 2.45) is 0 Å². The van der Waals surface area contributed by atoms with Gasteiger partial charge in [-0.2, -0.15) is 13.2 Å². The summed E-state index contributed by atoms with van der Waals surface area (Å²) in [6.45, 7) is -2.49. The molecule has 1 heterocycles. The van der Waals surface area contributed by atoms with Crippen molar-refractivity contribution in [2.45, 2.75) is 6.18 Å². The first-order valence-electron chi connectivity index (χ1n) is 5.12. The van der Waals surface area contributed by atoms with Crippen molar-refractivity contribution in [1.82, 2.24) is 9.88 Å². The predicted octanol–water partition coefficient (Wildman–Crippen LogP) is 1.31. The Morgan fingerprint density at radius 1 is 1.53 bits per heavy atom. The predicted molar refractivity (Wildman–Crippen MR) is 62.7 cm³/mol. The van der Waals surface area contributed by atoms with E-state index in [0.29, 0.717) is 4.90 Å². The fourth-order valence-electron chi connectivity index (χ4n) is 1.34. The zero-order valence-corrected chi connectivity index (χ0v) is 10.4. The number of carbonyl (C=O) groups excluding carboxylic acids is 1. The van der Waals surface area contributed by atoms with Crippen molar-refractivity contribution < 1.29 is 23.1 Å². The fraction of sp³-hybridized carbons (Fsp3) is 0.400. The van der Waals surface area contributed by atoms with Crippen LogP contribution in [0.4, 0.5) is 19.0 Å². The standard InChI is InChI=1S/C10H11ClF3N3O2/c11-7-3-6(4-16-8(7)15)9(19)17(1-2-18)5-10(12,13)14/h3-4,18H,1-2,5H2,(H2,15,16). The monoisotopic (exact) mass is 297 g/mol. The first-order chi connectivity index (χ1) is 8.74. The van der Waals surface area contributed by atoms with E-state index >= 15 is 0 Å². The molecule has 0 radical (unpaired) electrons. The van der Waals surface area contributed by atoms with Crippen LogP contribution in [0.5, 0.6) is 0 Å². The lowest BCUT2D eigenvalue weighted by Crippen LogP contribution is -2.40. The maximum absolute atomic E-state index is 12.3. The molecule has 0 fully saturated rings. The molecule has 0 saturated carbocycles. The number of pyridine rings is 1. The second-order valence-corrected chi connectivity index (χ2v) is 4.06. The van der Waals surface area contributed by atoms with Crippen LogP contribution >= 0.6 is 11.6 Å². The van der Waals surface area contributed by atoms with Gasteiger partial charge in [0.25, 0.3) is 5.91 Å². The lowest BCUT2D eigenvalue weighted by molar-refractivity contribution is -0.141. The number of carbonyl (C=O) groups is 1. The van der Waals surface area contributed by atoms with Crippen LogP contribution in [0.3, 0.4) is 0 Å². The molecule has 0 unspecified atom stereocenters. The lowest BCUT2D eigenvalue weighted by atomic mass is 10.2. The summed E-state index contributed by atoms with van der Waals surface area (Å²) in [6.07, 6.45) is -3.53. The maximum Gasteiger partial charge on any atom is 0.406 e. The molecular weight excluding hydrogens is 287 g/mol. The molecule has 0 aliphatic carbocycles. The Labute approximate surface area is 111 Å². The molecule has 3 N–H and O–H groups in total. The van der Waals surface area contributed by atoms with E-state index in [2.05, 4.69) is 4.98 Å². The normalized spacial score (nSPS) is 11.4. The van der Waals surface area contributed by atoms with Crippen molar-refractivity contribution in [2.75, 3.05) is 25.4 Å². The second-order valence-electron chi connectivity index (χ2n) is 3.66. The Morgan fingerprint density at radius 3 is 2.63 bits per heavy atom. The fourth-order valence-corrected chi connectivity index (χ4v) is 1.50. The number of nitrogens with two attached hydrogens (primary N) is 1. The molecular formula is C10H11ClF3N3O2. The summed E-state index contributed by atoms with van der Waals surface area (Å²) in [5.41, 5.74) is 5.21. The van der Waals surface area contributed by atoms with E-state index in [1.807, 2.05) is 0 Å². The Balaban J connectivity index is 2.95. The minimum absolute atomic E-state index is 0.0252. The van der Waals surface area contributed by atoms with E-state index in [4.69, 9.17) is 22.4 Å². The first kappa shape index (κ1) is 15.5. The first-order valence-corrected chi connectivity index (χ1v) is 5.50. The van der Waals surface area contributed by atoms with Gasteiger partial charge < -0.3 is 15.7 Å². The molecule has 0 bridgehead atoms. The van der Waals surface area contributed by atoms with Crippen LogP contribution in [-0.2, 0) is 0 Å². The summed E-state index contributed by atoms with van der Waals surface area (Å²) in [6, 6.07) is 1.13. The molecule has 0 aliphatic heterocycles. The van der Waals surface area contributed by atoms with Crippen LogP contribution in [0, 0.1) is 0 Å². The largest absolute Gasteiger partial charge is 0.406 e. The molecule has 1 amide bonds. The summed E-state index contributed by atoms with van der Waals surface area (Å²) in [7, 11) is 0. The van der Waals surface area contributed by atoms with Crippen LogP contribution in [0.2, 0.25) is 5.02 Å². The number of aliphatic hydroxyl groups excluding tert-OH is 1. The number of nitrogens with zero attached hydrogens (tertiary/aromatic N) is 2. The number of halogens is 4. The number of hydrogen-bond acceptors (Lipinski definition) is 4. The minimum Gasteiger partial charge on any atom is -0.395 e. The number of amides is 1. The highest BCUT2D eigenvalue weighted by Crippen LogP contribution is 2.20. The molecule has 0 aromatic carbocycles. The van der Waals surface area contributed by atoms with Crippen molar-refractivity contribution in [3.8, 4) is 0 Å². The smallest absolute Gasteiger partial charge is 0.395 e. The van der Waals surface area contributed by atoms with Gasteiger partial charge in [-0.05, 0) is 6.07 Å². The van der Waals surface area contributed by atoms with Gasteiger partial charge in [0, 0.05) is 12.7 Å². The number of rotatable bonds is 4. The van der Waals surface area contributed by atoms with Crippen LogP contribution < -0.4 is 5.73 Å². The minimum atomic E-state index is -4.56. The Morgan fingerprint density at radius 2 is 2.16 bits per heavy atom. The summed E-state index contributed by atoms with van der Waals surface area (Å²) in [5, 5.41) is 8.68. The van der Waals surface area contributed by atoms with E-state index in [9.17, 15) is 18.0 Å². The highest BCUT2D eigenvalue weighted by Gasteiger charge is 2.33. The number of hydrogen-bond donors (Lipinski definition) is 2. The number of aromatic nitrogens is 1. The van der Waals surface area contributed by atoms with Gasteiger partial charge in [0.05, 0.1) is 17.2 Å². The van der Waals surface area contributed by atoms with Gasteiger partial charge in [-0.15, -0.1) is 0 Å². The van der Waals surface area contributed by atoms with Crippen LogP contribution in [0.25, 0.3) is 0 Å². The molecule has 0 atom stereocenters. The SMILES string of the molecule is Nc1ncc(C(=O)N(CCO)CC(F)(F)F)cc1Cl. The average molecular weight is 298 g/mol. The third-order valence-corrected chi connectivity index (χ3v) is 2.45. The highest BCUT2D eigenvalue weighted by atomic mass is 35.5. The van der Waals surface area contributed by atoms with Gasteiger partial charge in [-0.1, -0.05) is 11.6 Å². The van der Waals surface area contributed by atoms with E-state index in [1.54, 1.807) is 0 Å². The number of alkyl halides is 3. The highest BCUT2D eigenvalue weighted by molar-refractivity contribution is 6.33. The van der Waals surface area contributed by atoms with Gasteiger partial charge in [0.15, 0.2) is 0 Å². The van der Waals surface area contributed by atoms with Crippen LogP contribution in [0.1, 0.15) is 10.4 Å². The third-order valence-electron chi connectivity index (χ3n) is 2.14. The molecule has 1 aromatic rings. The molecule has 0 saturated heterocycles. The summed E-state index contributed by atoms with van der Waals surface area (Å²) >= 11 is 5.64. The van der Waals surface area contributed by atoms with Gasteiger partial charge in [0.2, 0.25) is 0 Å². The Hall–Kier alpha value is -1.54. The van der Waals surface area contributed by atoms with Crippen LogP contribution in [0.15, 0.2) is 12.3 Å².